The first-order valence-corrected chi connectivity index (χ1v) is 10.0. The highest BCUT2D eigenvalue weighted by molar-refractivity contribution is 7.93. The number of aromatic nitrogens is 1. The fourth-order valence-electron chi connectivity index (χ4n) is 3.38. The molecule has 4 rings (SSSR count). The van der Waals surface area contributed by atoms with E-state index in [1.807, 2.05) is 31.2 Å². The third-order valence-corrected chi connectivity index (χ3v) is 6.62. The molecule has 0 aliphatic carbocycles. The monoisotopic (exact) mass is 384 g/mol. The second-order valence-corrected chi connectivity index (χ2v) is 8.34. The Bertz CT molecular complexity index is 1140. The fourth-order valence-corrected chi connectivity index (χ4v) is 4.97. The van der Waals surface area contributed by atoms with E-state index in [0.29, 0.717) is 24.5 Å². The van der Waals surface area contributed by atoms with Gasteiger partial charge in [0.1, 0.15) is 22.2 Å². The Kier molecular flexibility index (Phi) is 4.19. The number of ether oxygens (including phenoxy) is 2. The van der Waals surface area contributed by atoms with Crippen LogP contribution in [0.5, 0.6) is 11.5 Å². The molecule has 6 nitrogen and oxygen atoms in total. The molecule has 0 saturated carbocycles. The molecule has 1 aliphatic rings. The van der Waals surface area contributed by atoms with Gasteiger partial charge < -0.3 is 9.47 Å². The number of pyridine rings is 1. The van der Waals surface area contributed by atoms with Crippen molar-refractivity contribution in [2.45, 2.75) is 18.2 Å². The standard InChI is InChI=1S/C20H20N2O4S/c1-13-4-5-14-11-15-8-9-22(20(15)21-17(14)10-13)27(23,24)19-7-6-16(25-2)12-18(19)26-3/h4-7,10-12H,8-9H2,1-3H3. The molecule has 1 aliphatic heterocycles. The number of sulfonamides is 1. The van der Waals surface area contributed by atoms with Crippen LogP contribution in [0.1, 0.15) is 11.1 Å². The molecule has 2 aromatic carbocycles. The number of hydrogen-bond donors (Lipinski definition) is 0. The average Bonchev–Trinajstić information content (AvgIpc) is 3.09. The van der Waals surface area contributed by atoms with Gasteiger partial charge in [0.2, 0.25) is 0 Å². The number of benzene rings is 2. The zero-order valence-corrected chi connectivity index (χ0v) is 16.2. The molecule has 3 aromatic rings. The van der Waals surface area contributed by atoms with Gasteiger partial charge in [0, 0.05) is 18.0 Å². The molecule has 0 radical (unpaired) electrons. The zero-order valence-electron chi connectivity index (χ0n) is 15.4. The van der Waals surface area contributed by atoms with Gasteiger partial charge in [0.15, 0.2) is 0 Å². The summed E-state index contributed by atoms with van der Waals surface area (Å²) in [5.74, 6) is 1.28. The van der Waals surface area contributed by atoms with Gasteiger partial charge in [0.25, 0.3) is 10.0 Å². The Morgan fingerprint density at radius 3 is 2.59 bits per heavy atom. The lowest BCUT2D eigenvalue weighted by Gasteiger charge is -2.20. The van der Waals surface area contributed by atoms with Gasteiger partial charge in [-0.1, -0.05) is 12.1 Å². The van der Waals surface area contributed by atoms with Crippen LogP contribution in [0.2, 0.25) is 0 Å². The molecule has 2 heterocycles. The summed E-state index contributed by atoms with van der Waals surface area (Å²) in [7, 11) is -0.839. The molecular formula is C20H20N2O4S. The highest BCUT2D eigenvalue weighted by atomic mass is 32.2. The number of hydrogen-bond acceptors (Lipinski definition) is 5. The Hall–Kier alpha value is -2.80. The summed E-state index contributed by atoms with van der Waals surface area (Å²) in [6.07, 6.45) is 0.629. The minimum atomic E-state index is -3.81. The van der Waals surface area contributed by atoms with Crippen molar-refractivity contribution in [1.82, 2.24) is 4.98 Å². The van der Waals surface area contributed by atoms with Crippen molar-refractivity contribution in [3.05, 3.63) is 53.6 Å². The van der Waals surface area contributed by atoms with Gasteiger partial charge in [-0.25, -0.2) is 17.7 Å². The molecule has 140 valence electrons. The van der Waals surface area contributed by atoms with E-state index in [0.717, 1.165) is 22.0 Å². The van der Waals surface area contributed by atoms with Crippen LogP contribution in [0, 0.1) is 6.92 Å². The van der Waals surface area contributed by atoms with Gasteiger partial charge in [-0.2, -0.15) is 0 Å². The number of methoxy groups -OCH3 is 2. The third kappa shape index (κ3) is 2.88. The Morgan fingerprint density at radius 1 is 1.04 bits per heavy atom. The molecule has 0 atom stereocenters. The molecule has 7 heteroatoms. The minimum absolute atomic E-state index is 0.102. The number of fused-ring (bicyclic) bond motifs is 2. The molecule has 27 heavy (non-hydrogen) atoms. The van der Waals surface area contributed by atoms with E-state index in [1.54, 1.807) is 12.1 Å². The van der Waals surface area contributed by atoms with E-state index in [9.17, 15) is 8.42 Å². The lowest BCUT2D eigenvalue weighted by atomic mass is 10.1. The van der Waals surface area contributed by atoms with Crippen LogP contribution in [-0.4, -0.2) is 34.2 Å². The van der Waals surface area contributed by atoms with Crippen molar-refractivity contribution in [1.29, 1.82) is 0 Å². The number of rotatable bonds is 4. The summed E-state index contributed by atoms with van der Waals surface area (Å²) in [5, 5.41) is 1.01. The Morgan fingerprint density at radius 2 is 1.85 bits per heavy atom. The van der Waals surface area contributed by atoms with Gasteiger partial charge in [-0.15, -0.1) is 0 Å². The van der Waals surface area contributed by atoms with Crippen molar-refractivity contribution < 1.29 is 17.9 Å². The van der Waals surface area contributed by atoms with Crippen molar-refractivity contribution in [2.24, 2.45) is 0 Å². The highest BCUT2D eigenvalue weighted by Gasteiger charge is 2.34. The van der Waals surface area contributed by atoms with Gasteiger partial charge in [-0.3, -0.25) is 0 Å². The summed E-state index contributed by atoms with van der Waals surface area (Å²) in [6.45, 7) is 2.35. The predicted molar refractivity (Wildman–Crippen MR) is 104 cm³/mol. The number of anilines is 1. The maximum Gasteiger partial charge on any atom is 0.269 e. The Labute approximate surface area is 158 Å². The van der Waals surface area contributed by atoms with Gasteiger partial charge in [0.05, 0.1) is 19.7 Å². The van der Waals surface area contributed by atoms with E-state index >= 15 is 0 Å². The molecular weight excluding hydrogens is 364 g/mol. The number of aryl methyl sites for hydroxylation is 1. The smallest absolute Gasteiger partial charge is 0.269 e. The first kappa shape index (κ1) is 17.6. The zero-order chi connectivity index (χ0) is 19.2. The second kappa shape index (κ2) is 6.42. The van der Waals surface area contributed by atoms with Crippen molar-refractivity contribution in [3.63, 3.8) is 0 Å². The molecule has 0 bridgehead atoms. The summed E-state index contributed by atoms with van der Waals surface area (Å²) in [6, 6.07) is 12.7. The minimum Gasteiger partial charge on any atom is -0.497 e. The van der Waals surface area contributed by atoms with Crippen LogP contribution >= 0.6 is 0 Å². The molecule has 0 N–H and O–H groups in total. The summed E-state index contributed by atoms with van der Waals surface area (Å²) >= 11 is 0. The van der Waals surface area contributed by atoms with Crippen LogP contribution in [0.4, 0.5) is 5.82 Å². The number of nitrogens with zero attached hydrogens (tertiary/aromatic N) is 2. The first-order valence-electron chi connectivity index (χ1n) is 8.59. The highest BCUT2D eigenvalue weighted by Crippen LogP contribution is 2.37. The molecule has 0 spiro atoms. The summed E-state index contributed by atoms with van der Waals surface area (Å²) in [4.78, 5) is 4.76. The molecule has 0 amide bonds. The fraction of sp³-hybridized carbons (Fsp3) is 0.250. The predicted octanol–water partition coefficient (Wildman–Crippen LogP) is 3.31. The van der Waals surface area contributed by atoms with Crippen molar-refractivity contribution >= 4 is 26.7 Å². The maximum atomic E-state index is 13.3. The average molecular weight is 384 g/mol. The van der Waals surface area contributed by atoms with Crippen LogP contribution in [-0.2, 0) is 16.4 Å². The quantitative estimate of drug-likeness (QED) is 0.690. The van der Waals surface area contributed by atoms with Crippen LogP contribution in [0.25, 0.3) is 10.9 Å². The largest absolute Gasteiger partial charge is 0.497 e. The molecule has 1 aromatic heterocycles. The first-order chi connectivity index (χ1) is 12.9. The lowest BCUT2D eigenvalue weighted by Crippen LogP contribution is -2.30. The van der Waals surface area contributed by atoms with Crippen LogP contribution < -0.4 is 13.8 Å². The van der Waals surface area contributed by atoms with E-state index in [-0.39, 0.29) is 10.6 Å². The third-order valence-electron chi connectivity index (χ3n) is 4.79. The Balaban J connectivity index is 1.84. The normalized spacial score (nSPS) is 13.7. The van der Waals surface area contributed by atoms with Crippen molar-refractivity contribution in [3.8, 4) is 11.5 Å². The SMILES string of the molecule is COc1ccc(S(=O)(=O)N2CCc3cc4ccc(C)cc4nc32)c(OC)c1. The van der Waals surface area contributed by atoms with Gasteiger partial charge in [-0.05, 0) is 48.7 Å². The molecule has 0 saturated heterocycles. The second-order valence-electron chi connectivity index (χ2n) is 6.51. The topological polar surface area (TPSA) is 68.7 Å². The van der Waals surface area contributed by atoms with Gasteiger partial charge >= 0.3 is 0 Å². The lowest BCUT2D eigenvalue weighted by molar-refractivity contribution is 0.386. The maximum absolute atomic E-state index is 13.3. The summed E-state index contributed by atoms with van der Waals surface area (Å²) in [5.41, 5.74) is 2.80. The van der Waals surface area contributed by atoms with E-state index in [4.69, 9.17) is 9.47 Å². The molecule has 0 unspecified atom stereocenters. The van der Waals surface area contributed by atoms with Crippen LogP contribution in [0.3, 0.4) is 0 Å². The van der Waals surface area contributed by atoms with E-state index < -0.39 is 10.0 Å². The van der Waals surface area contributed by atoms with E-state index in [1.165, 1.54) is 24.6 Å². The van der Waals surface area contributed by atoms with E-state index in [2.05, 4.69) is 4.98 Å². The summed E-state index contributed by atoms with van der Waals surface area (Å²) < 4.78 is 38.5. The molecule has 0 fully saturated rings. The van der Waals surface area contributed by atoms with Crippen LogP contribution in [0.15, 0.2) is 47.4 Å². The van der Waals surface area contributed by atoms with Crippen molar-refractivity contribution in [2.75, 3.05) is 25.1 Å².